The maximum Gasteiger partial charge on any atom is 0.255 e. The van der Waals surface area contributed by atoms with Crippen LogP contribution in [0.3, 0.4) is 0 Å². The molecule has 0 aliphatic rings. The normalized spacial score (nSPS) is 12.3. The van der Waals surface area contributed by atoms with Gasteiger partial charge in [0.05, 0.1) is 18.1 Å². The van der Waals surface area contributed by atoms with E-state index in [1.165, 1.54) is 7.11 Å². The molecule has 1 amide bonds. The molecule has 0 saturated heterocycles. The number of halogens is 2. The van der Waals surface area contributed by atoms with Gasteiger partial charge in [0.1, 0.15) is 5.75 Å². The smallest absolute Gasteiger partial charge is 0.255 e. The van der Waals surface area contributed by atoms with E-state index in [-0.39, 0.29) is 11.3 Å². The monoisotopic (exact) mass is 317 g/mol. The average Bonchev–Trinajstić information content (AvgIpc) is 2.45. The molecule has 20 heavy (non-hydrogen) atoms. The van der Waals surface area contributed by atoms with Gasteiger partial charge in [-0.25, -0.2) is 0 Å². The zero-order valence-electron chi connectivity index (χ0n) is 12.1. The van der Waals surface area contributed by atoms with E-state index in [9.17, 15) is 4.79 Å². The molecule has 1 aromatic carbocycles. The molecule has 112 valence electrons. The van der Waals surface area contributed by atoms with Gasteiger partial charge in [0.25, 0.3) is 5.91 Å². The van der Waals surface area contributed by atoms with Crippen molar-refractivity contribution in [2.75, 3.05) is 13.7 Å². The summed E-state index contributed by atoms with van der Waals surface area (Å²) in [6.07, 6.45) is 2.01. The molecule has 1 aromatic rings. The largest absolute Gasteiger partial charge is 0.496 e. The second-order valence-corrected chi connectivity index (χ2v) is 5.64. The molecule has 3 nitrogen and oxygen atoms in total. The molecule has 0 aromatic heterocycles. The fourth-order valence-corrected chi connectivity index (χ4v) is 2.70. The summed E-state index contributed by atoms with van der Waals surface area (Å²) < 4.78 is 5.17. The number of rotatable bonds is 7. The van der Waals surface area contributed by atoms with Crippen molar-refractivity contribution in [1.82, 2.24) is 5.32 Å². The van der Waals surface area contributed by atoms with Crippen LogP contribution in [-0.4, -0.2) is 24.9 Å². The highest BCUT2D eigenvalue weighted by molar-refractivity contribution is 6.30. The molecule has 5 heteroatoms. The minimum atomic E-state index is -0.199. The van der Waals surface area contributed by atoms with E-state index >= 15 is 0 Å². The van der Waals surface area contributed by atoms with Crippen molar-refractivity contribution in [3.05, 3.63) is 28.8 Å². The first-order valence-corrected chi connectivity index (χ1v) is 7.60. The topological polar surface area (TPSA) is 38.3 Å². The van der Waals surface area contributed by atoms with Crippen molar-refractivity contribution < 1.29 is 9.53 Å². The van der Waals surface area contributed by atoms with Gasteiger partial charge in [0, 0.05) is 11.6 Å². The van der Waals surface area contributed by atoms with E-state index in [4.69, 9.17) is 27.9 Å². The molecular formula is C15H21Cl2NO2. The molecule has 0 spiro atoms. The van der Waals surface area contributed by atoms with Crippen molar-refractivity contribution >= 4 is 29.1 Å². The first kappa shape index (κ1) is 17.1. The molecular weight excluding hydrogens is 297 g/mol. The molecule has 0 saturated carbocycles. The van der Waals surface area contributed by atoms with Crippen molar-refractivity contribution in [1.29, 1.82) is 0 Å². The van der Waals surface area contributed by atoms with Gasteiger partial charge in [-0.05, 0) is 24.1 Å². The zero-order chi connectivity index (χ0) is 15.1. The lowest BCUT2D eigenvalue weighted by atomic mass is 9.99. The van der Waals surface area contributed by atoms with Crippen LogP contribution in [0.1, 0.15) is 37.0 Å². The number of hydrogen-bond acceptors (Lipinski definition) is 2. The molecule has 0 fully saturated rings. The van der Waals surface area contributed by atoms with Crippen molar-refractivity contribution in [2.24, 2.45) is 5.92 Å². The predicted octanol–water partition coefficient (Wildman–Crippen LogP) is 4.12. The highest BCUT2D eigenvalue weighted by Gasteiger charge is 2.18. The SMILES string of the molecule is CCC(CC)C(Cl)CNC(=O)c1ccc(Cl)cc1OC. The average molecular weight is 318 g/mol. The Morgan fingerprint density at radius 1 is 1.35 bits per heavy atom. The molecule has 1 N–H and O–H groups in total. The Morgan fingerprint density at radius 3 is 2.55 bits per heavy atom. The fourth-order valence-electron chi connectivity index (χ4n) is 2.10. The van der Waals surface area contributed by atoms with Gasteiger partial charge in [0.2, 0.25) is 0 Å². The van der Waals surface area contributed by atoms with Crippen LogP contribution in [0.15, 0.2) is 18.2 Å². The number of alkyl halides is 1. The van der Waals surface area contributed by atoms with Crippen LogP contribution in [0, 0.1) is 5.92 Å². The Morgan fingerprint density at radius 2 is 2.00 bits per heavy atom. The van der Waals surface area contributed by atoms with Gasteiger partial charge in [-0.2, -0.15) is 0 Å². The number of hydrogen-bond donors (Lipinski definition) is 1. The lowest BCUT2D eigenvalue weighted by Crippen LogP contribution is -2.33. The van der Waals surface area contributed by atoms with Crippen molar-refractivity contribution in [2.45, 2.75) is 32.1 Å². The highest BCUT2D eigenvalue weighted by atomic mass is 35.5. The summed E-state index contributed by atoms with van der Waals surface area (Å²) in [5, 5.41) is 3.32. The van der Waals surface area contributed by atoms with Gasteiger partial charge in [-0.15, -0.1) is 11.6 Å². The van der Waals surface area contributed by atoms with E-state index < -0.39 is 0 Å². The van der Waals surface area contributed by atoms with Crippen LogP contribution in [0.4, 0.5) is 0 Å². The lowest BCUT2D eigenvalue weighted by Gasteiger charge is -2.19. The van der Waals surface area contributed by atoms with Gasteiger partial charge in [-0.1, -0.05) is 38.3 Å². The van der Waals surface area contributed by atoms with Crippen LogP contribution < -0.4 is 10.1 Å². The third kappa shape index (κ3) is 4.57. The minimum absolute atomic E-state index is 0.0627. The number of nitrogens with one attached hydrogen (secondary N) is 1. The molecule has 1 atom stereocenters. The summed E-state index contributed by atoms with van der Waals surface area (Å²) >= 11 is 12.2. The third-order valence-electron chi connectivity index (χ3n) is 3.43. The summed E-state index contributed by atoms with van der Waals surface area (Å²) in [5.41, 5.74) is 0.463. The van der Waals surface area contributed by atoms with E-state index in [1.807, 2.05) is 0 Å². The van der Waals surface area contributed by atoms with Gasteiger partial charge in [0.15, 0.2) is 0 Å². The van der Waals surface area contributed by atoms with Crippen LogP contribution in [0.5, 0.6) is 5.75 Å². The van der Waals surface area contributed by atoms with Gasteiger partial charge >= 0.3 is 0 Å². The number of amides is 1. The first-order valence-electron chi connectivity index (χ1n) is 6.79. The summed E-state index contributed by atoms with van der Waals surface area (Å²) in [7, 11) is 1.51. The Hall–Kier alpha value is -0.930. The number of benzene rings is 1. The van der Waals surface area contributed by atoms with Gasteiger partial charge in [-0.3, -0.25) is 4.79 Å². The molecule has 1 rings (SSSR count). The molecule has 0 aliphatic carbocycles. The molecule has 0 aliphatic heterocycles. The standard InChI is InChI=1S/C15H21Cl2NO2/c1-4-10(5-2)13(17)9-18-15(19)12-7-6-11(16)8-14(12)20-3/h6-8,10,13H,4-5,9H2,1-3H3,(H,18,19). The van der Waals surface area contributed by atoms with E-state index in [0.717, 1.165) is 12.8 Å². The maximum atomic E-state index is 12.1. The van der Waals surface area contributed by atoms with Crippen molar-refractivity contribution in [3.8, 4) is 5.75 Å². The predicted molar refractivity (Wildman–Crippen MR) is 84.1 cm³/mol. The van der Waals surface area contributed by atoms with Gasteiger partial charge < -0.3 is 10.1 Å². The first-order chi connectivity index (χ1) is 9.53. The highest BCUT2D eigenvalue weighted by Crippen LogP contribution is 2.23. The second kappa shape index (κ2) is 8.38. The Kier molecular flexibility index (Phi) is 7.17. The Balaban J connectivity index is 2.68. The summed E-state index contributed by atoms with van der Waals surface area (Å²) in [6.45, 7) is 4.65. The quantitative estimate of drug-likeness (QED) is 0.768. The summed E-state index contributed by atoms with van der Waals surface area (Å²) in [6, 6.07) is 4.93. The number of carbonyl (C=O) groups is 1. The molecule has 0 bridgehead atoms. The van der Waals surface area contributed by atoms with Crippen LogP contribution in [0.25, 0.3) is 0 Å². The van der Waals surface area contributed by atoms with Crippen LogP contribution in [0.2, 0.25) is 5.02 Å². The van der Waals surface area contributed by atoms with E-state index in [2.05, 4.69) is 19.2 Å². The van der Waals surface area contributed by atoms with E-state index in [1.54, 1.807) is 18.2 Å². The molecule has 0 radical (unpaired) electrons. The number of methoxy groups -OCH3 is 1. The maximum absolute atomic E-state index is 12.1. The number of ether oxygens (including phenoxy) is 1. The van der Waals surface area contributed by atoms with E-state index in [0.29, 0.717) is 28.8 Å². The molecule has 1 unspecified atom stereocenters. The summed E-state index contributed by atoms with van der Waals surface area (Å²) in [4.78, 5) is 12.1. The molecule has 0 heterocycles. The fraction of sp³-hybridized carbons (Fsp3) is 0.533. The van der Waals surface area contributed by atoms with Crippen LogP contribution in [-0.2, 0) is 0 Å². The number of carbonyl (C=O) groups excluding carboxylic acids is 1. The lowest BCUT2D eigenvalue weighted by molar-refractivity contribution is 0.0948. The minimum Gasteiger partial charge on any atom is -0.496 e. The Labute approximate surface area is 130 Å². The second-order valence-electron chi connectivity index (χ2n) is 4.65. The Bertz CT molecular complexity index is 447. The zero-order valence-corrected chi connectivity index (χ0v) is 13.6. The van der Waals surface area contributed by atoms with Crippen LogP contribution >= 0.6 is 23.2 Å². The van der Waals surface area contributed by atoms with Crippen molar-refractivity contribution in [3.63, 3.8) is 0 Å². The summed E-state index contributed by atoms with van der Waals surface area (Å²) in [5.74, 6) is 0.669. The third-order valence-corrected chi connectivity index (χ3v) is 4.17.